The van der Waals surface area contributed by atoms with Crippen LogP contribution in [0.4, 0.5) is 11.4 Å². The minimum Gasteiger partial charge on any atom is -0.497 e. The van der Waals surface area contributed by atoms with Crippen molar-refractivity contribution in [2.24, 2.45) is 5.92 Å². The van der Waals surface area contributed by atoms with E-state index < -0.39 is 15.1 Å². The molecule has 164 valence electrons. The number of fused-ring (bicyclic) bond motifs is 1. The molecule has 0 saturated heterocycles. The molecule has 2 aromatic rings. The van der Waals surface area contributed by atoms with Gasteiger partial charge in [-0.15, -0.1) is 0 Å². The first-order valence-corrected chi connectivity index (χ1v) is 12.0. The van der Waals surface area contributed by atoms with Crippen LogP contribution in [0.1, 0.15) is 31.7 Å². The van der Waals surface area contributed by atoms with Crippen molar-refractivity contribution in [1.82, 2.24) is 0 Å². The zero-order chi connectivity index (χ0) is 22.2. The van der Waals surface area contributed by atoms with E-state index in [1.807, 2.05) is 0 Å². The van der Waals surface area contributed by atoms with Gasteiger partial charge in [0.15, 0.2) is 9.84 Å². The second-order valence-corrected chi connectivity index (χ2v) is 10.5. The van der Waals surface area contributed by atoms with Gasteiger partial charge in [-0.3, -0.25) is 9.59 Å². The van der Waals surface area contributed by atoms with Crippen LogP contribution in [0.5, 0.6) is 5.75 Å². The van der Waals surface area contributed by atoms with Crippen molar-refractivity contribution >= 4 is 33.0 Å². The van der Waals surface area contributed by atoms with Gasteiger partial charge in [0, 0.05) is 30.3 Å². The van der Waals surface area contributed by atoms with E-state index in [2.05, 4.69) is 5.32 Å². The Hall–Kier alpha value is -2.87. The molecule has 2 amide bonds. The summed E-state index contributed by atoms with van der Waals surface area (Å²) in [5, 5.41) is 1.84. The third-order valence-electron chi connectivity index (χ3n) is 5.84. The Kier molecular flexibility index (Phi) is 5.75. The van der Waals surface area contributed by atoms with E-state index in [0.29, 0.717) is 24.4 Å². The van der Waals surface area contributed by atoms with Gasteiger partial charge in [0.05, 0.1) is 17.3 Å². The molecular weight excluding hydrogens is 416 g/mol. The molecule has 8 heteroatoms. The predicted octanol–water partition coefficient (Wildman–Crippen LogP) is 3.19. The number of ether oxygens (including phenoxy) is 1. The standard InChI is InChI=1S/C23H26N2O5S/c1-15(13-22(26)24-18-5-7-19(30-2)8-6-18)31(28,29)20-9-10-21-17(14-20)11-12-25(21)23(27)16-3-4-16/h5-10,14-16H,3-4,11-13H2,1-2H3,(H,24,26)/t15-/m0/s1. The van der Waals surface area contributed by atoms with Crippen molar-refractivity contribution in [1.29, 1.82) is 0 Å². The Labute approximate surface area is 182 Å². The summed E-state index contributed by atoms with van der Waals surface area (Å²) in [5.74, 6) is 0.558. The van der Waals surface area contributed by atoms with E-state index >= 15 is 0 Å². The lowest BCUT2D eigenvalue weighted by Crippen LogP contribution is -2.30. The molecule has 4 rings (SSSR count). The van der Waals surface area contributed by atoms with E-state index in [4.69, 9.17) is 4.74 Å². The molecule has 1 saturated carbocycles. The summed E-state index contributed by atoms with van der Waals surface area (Å²) in [6.07, 6.45) is 2.36. The van der Waals surface area contributed by atoms with E-state index in [9.17, 15) is 18.0 Å². The first-order chi connectivity index (χ1) is 14.8. The number of amides is 2. The number of hydrogen-bond donors (Lipinski definition) is 1. The highest BCUT2D eigenvalue weighted by Gasteiger charge is 2.37. The fourth-order valence-corrected chi connectivity index (χ4v) is 5.22. The number of carbonyl (C=O) groups excluding carboxylic acids is 2. The summed E-state index contributed by atoms with van der Waals surface area (Å²) in [6.45, 7) is 2.13. The Morgan fingerprint density at radius 2 is 1.87 bits per heavy atom. The van der Waals surface area contributed by atoms with Gasteiger partial charge in [-0.05, 0) is 74.2 Å². The molecule has 1 aliphatic carbocycles. The molecule has 0 unspecified atom stereocenters. The molecule has 1 fully saturated rings. The van der Waals surface area contributed by atoms with Crippen LogP contribution < -0.4 is 15.0 Å². The van der Waals surface area contributed by atoms with E-state index in [1.165, 1.54) is 0 Å². The minimum absolute atomic E-state index is 0.124. The lowest BCUT2D eigenvalue weighted by Gasteiger charge is -2.18. The average molecular weight is 443 g/mol. The molecule has 1 aliphatic heterocycles. The van der Waals surface area contributed by atoms with Crippen LogP contribution in [0.2, 0.25) is 0 Å². The predicted molar refractivity (Wildman–Crippen MR) is 118 cm³/mol. The van der Waals surface area contributed by atoms with E-state index in [1.54, 1.807) is 61.4 Å². The molecule has 0 bridgehead atoms. The molecule has 1 N–H and O–H groups in total. The van der Waals surface area contributed by atoms with Crippen LogP contribution in [0, 0.1) is 5.92 Å². The molecule has 2 aliphatic rings. The zero-order valence-corrected chi connectivity index (χ0v) is 18.4. The van der Waals surface area contributed by atoms with Crippen molar-refractivity contribution in [2.45, 2.75) is 42.8 Å². The van der Waals surface area contributed by atoms with E-state index in [-0.39, 0.29) is 29.0 Å². The lowest BCUT2D eigenvalue weighted by molar-refractivity contribution is -0.119. The quantitative estimate of drug-likeness (QED) is 0.711. The molecule has 0 spiro atoms. The smallest absolute Gasteiger partial charge is 0.230 e. The minimum atomic E-state index is -3.68. The summed E-state index contributed by atoms with van der Waals surface area (Å²) in [5.41, 5.74) is 2.25. The number of methoxy groups -OCH3 is 1. The summed E-state index contributed by atoms with van der Waals surface area (Å²) in [6, 6.07) is 11.8. The van der Waals surface area contributed by atoms with Gasteiger partial charge in [0.25, 0.3) is 0 Å². The third kappa shape index (κ3) is 4.44. The van der Waals surface area contributed by atoms with Gasteiger partial charge in [-0.25, -0.2) is 8.42 Å². The van der Waals surface area contributed by atoms with Gasteiger partial charge in [-0.2, -0.15) is 0 Å². The van der Waals surface area contributed by atoms with Crippen LogP contribution in [-0.2, 0) is 25.8 Å². The van der Waals surface area contributed by atoms with Crippen molar-refractivity contribution < 1.29 is 22.7 Å². The fourth-order valence-electron chi connectivity index (χ4n) is 3.82. The van der Waals surface area contributed by atoms with Crippen LogP contribution >= 0.6 is 0 Å². The normalized spacial score (nSPS) is 16.5. The number of nitrogens with zero attached hydrogens (tertiary/aromatic N) is 1. The Morgan fingerprint density at radius 3 is 2.52 bits per heavy atom. The number of rotatable bonds is 7. The van der Waals surface area contributed by atoms with Crippen LogP contribution in [0.3, 0.4) is 0 Å². The second-order valence-electron chi connectivity index (χ2n) is 8.14. The van der Waals surface area contributed by atoms with Gasteiger partial charge in [-0.1, -0.05) is 0 Å². The van der Waals surface area contributed by atoms with Crippen LogP contribution in [-0.4, -0.2) is 39.1 Å². The average Bonchev–Trinajstić information content (AvgIpc) is 3.52. The monoisotopic (exact) mass is 442 g/mol. The summed E-state index contributed by atoms with van der Waals surface area (Å²) in [7, 11) is -2.13. The highest BCUT2D eigenvalue weighted by molar-refractivity contribution is 7.92. The SMILES string of the molecule is COc1ccc(NC(=O)C[C@H](C)S(=O)(=O)c2ccc3c(c2)CCN3C(=O)C2CC2)cc1. The number of benzene rings is 2. The fraction of sp³-hybridized carbons (Fsp3) is 0.391. The number of carbonyl (C=O) groups is 2. The van der Waals surface area contributed by atoms with Crippen molar-refractivity contribution in [3.8, 4) is 5.75 Å². The maximum atomic E-state index is 13.1. The maximum absolute atomic E-state index is 13.1. The van der Waals surface area contributed by atoms with Crippen LogP contribution in [0.15, 0.2) is 47.4 Å². The van der Waals surface area contributed by atoms with Crippen molar-refractivity contribution in [3.63, 3.8) is 0 Å². The van der Waals surface area contributed by atoms with Gasteiger partial charge < -0.3 is 15.0 Å². The molecule has 0 radical (unpaired) electrons. The Morgan fingerprint density at radius 1 is 1.16 bits per heavy atom. The largest absolute Gasteiger partial charge is 0.497 e. The summed E-state index contributed by atoms with van der Waals surface area (Å²) in [4.78, 5) is 26.8. The number of sulfone groups is 1. The third-order valence-corrected chi connectivity index (χ3v) is 7.98. The van der Waals surface area contributed by atoms with Gasteiger partial charge >= 0.3 is 0 Å². The zero-order valence-electron chi connectivity index (χ0n) is 17.6. The summed E-state index contributed by atoms with van der Waals surface area (Å²) < 4.78 is 31.2. The molecule has 7 nitrogen and oxygen atoms in total. The molecule has 2 aromatic carbocycles. The molecule has 1 heterocycles. The van der Waals surface area contributed by atoms with Crippen LogP contribution in [0.25, 0.3) is 0 Å². The number of nitrogens with one attached hydrogen (secondary N) is 1. The Balaban J connectivity index is 1.43. The van der Waals surface area contributed by atoms with E-state index in [0.717, 1.165) is 24.1 Å². The topological polar surface area (TPSA) is 92.8 Å². The second kappa shape index (κ2) is 8.34. The molecule has 31 heavy (non-hydrogen) atoms. The maximum Gasteiger partial charge on any atom is 0.230 e. The molecular formula is C23H26N2O5S. The highest BCUT2D eigenvalue weighted by atomic mass is 32.2. The number of anilines is 2. The first-order valence-electron chi connectivity index (χ1n) is 10.4. The molecule has 1 atom stereocenters. The number of hydrogen-bond acceptors (Lipinski definition) is 5. The Bertz CT molecular complexity index is 1110. The van der Waals surface area contributed by atoms with Gasteiger partial charge in [0.2, 0.25) is 11.8 Å². The molecule has 0 aromatic heterocycles. The first kappa shape index (κ1) is 21.4. The highest BCUT2D eigenvalue weighted by Crippen LogP contribution is 2.37. The lowest BCUT2D eigenvalue weighted by atomic mass is 10.2. The van der Waals surface area contributed by atoms with Crippen molar-refractivity contribution in [3.05, 3.63) is 48.0 Å². The van der Waals surface area contributed by atoms with Crippen molar-refractivity contribution in [2.75, 3.05) is 23.9 Å². The van der Waals surface area contributed by atoms with Gasteiger partial charge in [0.1, 0.15) is 5.75 Å². The summed E-state index contributed by atoms with van der Waals surface area (Å²) >= 11 is 0.